The molecule has 3 N–H and O–H groups in total. The van der Waals surface area contributed by atoms with Gasteiger partial charge in [-0.15, -0.1) is 0 Å². The molecule has 8 heteroatoms. The van der Waals surface area contributed by atoms with Crippen LogP contribution in [0.1, 0.15) is 22.3 Å². The van der Waals surface area contributed by atoms with E-state index < -0.39 is 0 Å². The molecule has 0 bridgehead atoms. The molecule has 0 fully saturated rings. The third kappa shape index (κ3) is 3.73. The van der Waals surface area contributed by atoms with Gasteiger partial charge in [-0.2, -0.15) is 0 Å². The first kappa shape index (κ1) is 18.4. The van der Waals surface area contributed by atoms with Crippen molar-refractivity contribution < 1.29 is 14.3 Å². The largest absolute Gasteiger partial charge is 0.454 e. The Balaban J connectivity index is 1.58. The van der Waals surface area contributed by atoms with Gasteiger partial charge in [-0.1, -0.05) is 46.5 Å². The number of benzene rings is 2. The second kappa shape index (κ2) is 7.59. The molecule has 2 aliphatic heterocycles. The summed E-state index contributed by atoms with van der Waals surface area (Å²) in [5, 5.41) is 3.58. The molecule has 2 heterocycles. The molecule has 2 aromatic carbocycles. The van der Waals surface area contributed by atoms with Crippen LogP contribution in [0.5, 0.6) is 11.5 Å². The Morgan fingerprint density at radius 1 is 1.26 bits per heavy atom. The quantitative estimate of drug-likeness (QED) is 0.499. The highest BCUT2D eigenvalue weighted by Crippen LogP contribution is 2.38. The number of halogens is 1. The van der Waals surface area contributed by atoms with Crippen molar-refractivity contribution >= 4 is 51.1 Å². The molecule has 0 radical (unpaired) electrons. The fraction of sp³-hybridized carbons (Fsp3) is 0.263. The number of amidine groups is 1. The van der Waals surface area contributed by atoms with E-state index >= 15 is 0 Å². The van der Waals surface area contributed by atoms with Gasteiger partial charge in [0, 0.05) is 21.4 Å². The van der Waals surface area contributed by atoms with Crippen LogP contribution in [-0.2, 0) is 5.54 Å². The number of thioether (sulfide) groups is 1. The van der Waals surface area contributed by atoms with E-state index in [1.807, 2.05) is 24.3 Å². The van der Waals surface area contributed by atoms with E-state index in [9.17, 15) is 4.79 Å². The lowest BCUT2D eigenvalue weighted by molar-refractivity contribution is 0.102. The highest BCUT2D eigenvalue weighted by Gasteiger charge is 2.33. The number of hydrogen-bond acceptors (Lipinski definition) is 6. The molecular formula is C19H18IN3O3S. The molecule has 0 unspecified atom stereocenters. The standard InChI is InChI=1S/C19H18IN3O3S/c20-10-19(6-7-27-18(21)23-19)13-2-1-3-14(9-13)22-17(24)12-4-5-15-16(8-12)26-11-25-15/h1-5,8-9H,6-7,10-11H2,(H2,21,23)(H,22,24)/t19-/m1/s1. The maximum Gasteiger partial charge on any atom is 0.255 e. The first-order valence-corrected chi connectivity index (χ1v) is 11.0. The molecule has 27 heavy (non-hydrogen) atoms. The summed E-state index contributed by atoms with van der Waals surface area (Å²) in [5.74, 6) is 1.98. The Morgan fingerprint density at radius 2 is 2.11 bits per heavy atom. The van der Waals surface area contributed by atoms with Crippen molar-refractivity contribution in [2.24, 2.45) is 10.7 Å². The summed E-state index contributed by atoms with van der Waals surface area (Å²) in [6.45, 7) is 0.183. The maximum atomic E-state index is 12.6. The second-order valence-electron chi connectivity index (χ2n) is 6.32. The smallest absolute Gasteiger partial charge is 0.255 e. The topological polar surface area (TPSA) is 85.9 Å². The van der Waals surface area contributed by atoms with Crippen molar-refractivity contribution in [1.29, 1.82) is 0 Å². The summed E-state index contributed by atoms with van der Waals surface area (Å²) in [6.07, 6.45) is 0.918. The molecule has 2 aromatic rings. The van der Waals surface area contributed by atoms with Gasteiger partial charge in [0.05, 0.1) is 5.54 Å². The van der Waals surface area contributed by atoms with E-state index in [2.05, 4.69) is 27.9 Å². The van der Waals surface area contributed by atoms with Crippen LogP contribution < -0.4 is 20.5 Å². The van der Waals surface area contributed by atoms with Gasteiger partial charge >= 0.3 is 0 Å². The van der Waals surface area contributed by atoms with Crippen LogP contribution in [0.3, 0.4) is 0 Å². The first-order valence-electron chi connectivity index (χ1n) is 8.45. The van der Waals surface area contributed by atoms with Crippen molar-refractivity contribution in [3.63, 3.8) is 0 Å². The lowest BCUT2D eigenvalue weighted by Gasteiger charge is -2.32. The average molecular weight is 495 g/mol. The number of hydrogen-bond donors (Lipinski definition) is 2. The highest BCUT2D eigenvalue weighted by molar-refractivity contribution is 14.1. The van der Waals surface area contributed by atoms with E-state index in [1.165, 1.54) is 0 Å². The van der Waals surface area contributed by atoms with Crippen LogP contribution in [-0.4, -0.2) is 28.0 Å². The SMILES string of the molecule is NC1=N[C@](CI)(c2cccc(NC(=O)c3ccc4c(c3)OCO4)c2)CCS1. The zero-order valence-corrected chi connectivity index (χ0v) is 17.4. The fourth-order valence-corrected chi connectivity index (χ4v) is 5.01. The number of aliphatic imine (C=N–C) groups is 1. The third-order valence-corrected chi connectivity index (χ3v) is 6.66. The number of rotatable bonds is 4. The summed E-state index contributed by atoms with van der Waals surface area (Å²) in [6, 6.07) is 13.0. The van der Waals surface area contributed by atoms with Gasteiger partial charge in [-0.3, -0.25) is 9.79 Å². The van der Waals surface area contributed by atoms with E-state index in [0.29, 0.717) is 22.2 Å². The molecule has 0 spiro atoms. The Bertz CT molecular complexity index is 921. The molecule has 2 aliphatic rings. The fourth-order valence-electron chi connectivity index (χ4n) is 3.13. The van der Waals surface area contributed by atoms with Crippen molar-refractivity contribution in [2.45, 2.75) is 12.0 Å². The predicted molar refractivity (Wildman–Crippen MR) is 116 cm³/mol. The number of ether oxygens (including phenoxy) is 2. The molecule has 0 aliphatic carbocycles. The molecule has 4 rings (SSSR count). The van der Waals surface area contributed by atoms with Gasteiger partial charge in [-0.05, 0) is 42.3 Å². The zero-order valence-electron chi connectivity index (χ0n) is 14.4. The van der Waals surface area contributed by atoms with Crippen LogP contribution in [0.2, 0.25) is 0 Å². The van der Waals surface area contributed by atoms with Gasteiger partial charge in [0.25, 0.3) is 5.91 Å². The number of nitrogens with one attached hydrogen (secondary N) is 1. The van der Waals surface area contributed by atoms with E-state index in [4.69, 9.17) is 20.2 Å². The molecule has 6 nitrogen and oxygen atoms in total. The van der Waals surface area contributed by atoms with Crippen molar-refractivity contribution in [3.05, 3.63) is 53.6 Å². The number of alkyl halides is 1. The minimum Gasteiger partial charge on any atom is -0.454 e. The number of anilines is 1. The summed E-state index contributed by atoms with van der Waals surface area (Å²) >= 11 is 3.94. The number of nitrogens with zero attached hydrogens (tertiary/aromatic N) is 1. The normalized spacial score (nSPS) is 20.9. The molecule has 140 valence electrons. The zero-order chi connectivity index (χ0) is 18.9. The minimum atomic E-state index is -0.338. The van der Waals surface area contributed by atoms with E-state index in [-0.39, 0.29) is 18.2 Å². The van der Waals surface area contributed by atoms with Crippen LogP contribution in [0, 0.1) is 0 Å². The minimum absolute atomic E-state index is 0.183. The third-order valence-electron chi connectivity index (χ3n) is 4.60. The molecule has 1 amide bonds. The molecule has 0 saturated heterocycles. The van der Waals surface area contributed by atoms with Crippen molar-refractivity contribution in [3.8, 4) is 11.5 Å². The molecule has 0 saturated carbocycles. The van der Waals surface area contributed by atoms with Crippen LogP contribution in [0.25, 0.3) is 0 Å². The number of nitrogens with two attached hydrogens (primary N) is 1. The Kier molecular flexibility index (Phi) is 5.18. The monoisotopic (exact) mass is 495 g/mol. The molecule has 0 aromatic heterocycles. The van der Waals surface area contributed by atoms with Gasteiger partial charge in [-0.25, -0.2) is 0 Å². The Hall–Kier alpha value is -1.94. The summed E-state index contributed by atoms with van der Waals surface area (Å²) in [7, 11) is 0. The van der Waals surface area contributed by atoms with Crippen LogP contribution in [0.15, 0.2) is 47.5 Å². The molecule has 1 atom stereocenters. The second-order valence-corrected chi connectivity index (χ2v) is 8.19. The summed E-state index contributed by atoms with van der Waals surface area (Å²) in [5.41, 5.74) is 7.95. The number of carbonyl (C=O) groups is 1. The van der Waals surface area contributed by atoms with Gasteiger partial charge < -0.3 is 20.5 Å². The highest BCUT2D eigenvalue weighted by atomic mass is 127. The number of amides is 1. The van der Waals surface area contributed by atoms with Gasteiger partial charge in [0.2, 0.25) is 6.79 Å². The van der Waals surface area contributed by atoms with Crippen LogP contribution in [0.4, 0.5) is 5.69 Å². The van der Waals surface area contributed by atoms with E-state index in [1.54, 1.807) is 30.0 Å². The van der Waals surface area contributed by atoms with Crippen molar-refractivity contribution in [1.82, 2.24) is 0 Å². The predicted octanol–water partition coefficient (Wildman–Crippen LogP) is 3.75. The maximum absolute atomic E-state index is 12.6. The number of fused-ring (bicyclic) bond motifs is 1. The lowest BCUT2D eigenvalue weighted by atomic mass is 9.89. The van der Waals surface area contributed by atoms with Gasteiger partial charge in [0.15, 0.2) is 16.7 Å². The number of carbonyl (C=O) groups excluding carboxylic acids is 1. The molecular weight excluding hydrogens is 477 g/mol. The van der Waals surface area contributed by atoms with Crippen LogP contribution >= 0.6 is 34.4 Å². The summed E-state index contributed by atoms with van der Waals surface area (Å²) < 4.78 is 11.5. The van der Waals surface area contributed by atoms with E-state index in [0.717, 1.165) is 27.9 Å². The first-order chi connectivity index (χ1) is 13.1. The van der Waals surface area contributed by atoms with Gasteiger partial charge in [0.1, 0.15) is 0 Å². The Labute approximate surface area is 175 Å². The summed E-state index contributed by atoms with van der Waals surface area (Å²) in [4.78, 5) is 17.4. The lowest BCUT2D eigenvalue weighted by Crippen LogP contribution is -2.33. The Morgan fingerprint density at radius 3 is 2.93 bits per heavy atom. The average Bonchev–Trinajstić information content (AvgIpc) is 3.16. The van der Waals surface area contributed by atoms with Crippen molar-refractivity contribution in [2.75, 3.05) is 22.3 Å².